The van der Waals surface area contributed by atoms with E-state index < -0.39 is 6.10 Å². The predicted molar refractivity (Wildman–Crippen MR) is 107 cm³/mol. The molecule has 1 aliphatic heterocycles. The maximum atomic E-state index is 13.0. The molecule has 146 valence electrons. The van der Waals surface area contributed by atoms with Gasteiger partial charge in [0.2, 0.25) is 0 Å². The van der Waals surface area contributed by atoms with Crippen LogP contribution in [0.4, 0.5) is 10.1 Å². The van der Waals surface area contributed by atoms with Crippen molar-refractivity contribution >= 4 is 5.69 Å². The topological polar surface area (TPSA) is 35.9 Å². The van der Waals surface area contributed by atoms with Crippen molar-refractivity contribution in [1.29, 1.82) is 0 Å². The van der Waals surface area contributed by atoms with Gasteiger partial charge in [0.15, 0.2) is 0 Å². The number of aliphatic hydroxyl groups is 1. The number of hydrogen-bond acceptors (Lipinski definition) is 4. The fourth-order valence-electron chi connectivity index (χ4n) is 3.33. The highest BCUT2D eigenvalue weighted by molar-refractivity contribution is 5.46. The second kappa shape index (κ2) is 9.20. The van der Waals surface area contributed by atoms with Gasteiger partial charge in [-0.25, -0.2) is 4.39 Å². The first-order valence-corrected chi connectivity index (χ1v) is 9.65. The zero-order chi connectivity index (χ0) is 19.2. The normalized spacial score (nSPS) is 16.6. The number of nitrogens with zero attached hydrogens (tertiary/aromatic N) is 2. The standard InChI is InChI=1S/C22H29FN2O2/c1-17(2)18-3-9-22(10-4-18)27-16-21(26)15-24-11-13-25(14-12-24)20-7-5-19(23)6-8-20/h3-10,17,21,26H,11-16H2,1-2H3/t21-/m1/s1. The Labute approximate surface area is 161 Å². The average Bonchev–Trinajstić information content (AvgIpc) is 2.68. The van der Waals surface area contributed by atoms with Crippen molar-refractivity contribution in [2.24, 2.45) is 0 Å². The molecular formula is C22H29FN2O2. The lowest BCUT2D eigenvalue weighted by Gasteiger charge is -2.36. The second-order valence-corrected chi connectivity index (χ2v) is 7.45. The van der Waals surface area contributed by atoms with Crippen LogP contribution in [0, 0.1) is 5.82 Å². The van der Waals surface area contributed by atoms with Gasteiger partial charge in [0.05, 0.1) is 0 Å². The van der Waals surface area contributed by atoms with Crippen LogP contribution in [0.15, 0.2) is 48.5 Å². The van der Waals surface area contributed by atoms with Crippen LogP contribution in [-0.2, 0) is 0 Å². The Morgan fingerprint density at radius 3 is 2.19 bits per heavy atom. The van der Waals surface area contributed by atoms with Crippen molar-refractivity contribution in [2.75, 3.05) is 44.2 Å². The van der Waals surface area contributed by atoms with Crippen LogP contribution in [0.5, 0.6) is 5.75 Å². The quantitative estimate of drug-likeness (QED) is 0.807. The summed E-state index contributed by atoms with van der Waals surface area (Å²) in [6.07, 6.45) is -0.521. The van der Waals surface area contributed by atoms with E-state index in [2.05, 4.69) is 35.8 Å². The predicted octanol–water partition coefficient (Wildman–Crippen LogP) is 3.51. The molecule has 1 N–H and O–H groups in total. The Morgan fingerprint density at radius 1 is 0.963 bits per heavy atom. The first-order chi connectivity index (χ1) is 13.0. The van der Waals surface area contributed by atoms with E-state index in [0.29, 0.717) is 19.1 Å². The number of ether oxygens (including phenoxy) is 1. The Balaban J connectivity index is 1.40. The monoisotopic (exact) mass is 372 g/mol. The van der Waals surface area contributed by atoms with Gasteiger partial charge in [-0.05, 0) is 47.9 Å². The zero-order valence-electron chi connectivity index (χ0n) is 16.1. The molecule has 0 aromatic heterocycles. The fourth-order valence-corrected chi connectivity index (χ4v) is 3.33. The summed E-state index contributed by atoms with van der Waals surface area (Å²) < 4.78 is 18.8. The van der Waals surface area contributed by atoms with Gasteiger partial charge < -0.3 is 14.7 Å². The van der Waals surface area contributed by atoms with Crippen LogP contribution in [0.1, 0.15) is 25.3 Å². The molecule has 0 aliphatic carbocycles. The van der Waals surface area contributed by atoms with Crippen molar-refractivity contribution in [1.82, 2.24) is 4.90 Å². The molecule has 0 radical (unpaired) electrons. The first-order valence-electron chi connectivity index (χ1n) is 9.65. The van der Waals surface area contributed by atoms with E-state index in [1.807, 2.05) is 24.3 Å². The SMILES string of the molecule is CC(C)c1ccc(OC[C@H](O)CN2CCN(c3ccc(F)cc3)CC2)cc1. The third-order valence-electron chi connectivity index (χ3n) is 5.02. The first kappa shape index (κ1) is 19.6. The molecule has 1 aliphatic rings. The number of halogens is 1. The van der Waals surface area contributed by atoms with Gasteiger partial charge in [-0.1, -0.05) is 26.0 Å². The minimum absolute atomic E-state index is 0.209. The molecule has 3 rings (SSSR count). The minimum atomic E-state index is -0.521. The molecule has 5 heteroatoms. The zero-order valence-corrected chi connectivity index (χ0v) is 16.1. The molecule has 1 saturated heterocycles. The molecule has 2 aromatic carbocycles. The van der Waals surface area contributed by atoms with Gasteiger partial charge in [-0.15, -0.1) is 0 Å². The van der Waals surface area contributed by atoms with Crippen LogP contribution < -0.4 is 9.64 Å². The van der Waals surface area contributed by atoms with E-state index in [4.69, 9.17) is 4.74 Å². The fraction of sp³-hybridized carbons (Fsp3) is 0.455. The Morgan fingerprint density at radius 2 is 1.59 bits per heavy atom. The Kier molecular flexibility index (Phi) is 6.69. The highest BCUT2D eigenvalue weighted by Crippen LogP contribution is 2.19. The van der Waals surface area contributed by atoms with Crippen LogP contribution in [0.2, 0.25) is 0 Å². The van der Waals surface area contributed by atoms with Crippen LogP contribution >= 0.6 is 0 Å². The Hall–Kier alpha value is -2.11. The van der Waals surface area contributed by atoms with Crippen molar-refractivity contribution in [3.05, 3.63) is 59.9 Å². The Bertz CT molecular complexity index is 695. The molecule has 0 saturated carbocycles. The third kappa shape index (κ3) is 5.68. The summed E-state index contributed by atoms with van der Waals surface area (Å²) in [4.78, 5) is 4.49. The summed E-state index contributed by atoms with van der Waals surface area (Å²) in [6, 6.07) is 14.7. The van der Waals surface area contributed by atoms with E-state index in [-0.39, 0.29) is 5.82 Å². The molecular weight excluding hydrogens is 343 g/mol. The molecule has 1 atom stereocenters. The lowest BCUT2D eigenvalue weighted by Crippen LogP contribution is -2.49. The lowest BCUT2D eigenvalue weighted by molar-refractivity contribution is 0.0663. The third-order valence-corrected chi connectivity index (χ3v) is 5.02. The van der Waals surface area contributed by atoms with E-state index in [1.165, 1.54) is 17.7 Å². The summed E-state index contributed by atoms with van der Waals surface area (Å²) in [5, 5.41) is 10.3. The van der Waals surface area contributed by atoms with Crippen LogP contribution in [0.3, 0.4) is 0 Å². The molecule has 1 heterocycles. The number of anilines is 1. The van der Waals surface area contributed by atoms with Gasteiger partial charge >= 0.3 is 0 Å². The van der Waals surface area contributed by atoms with Gasteiger partial charge in [0.25, 0.3) is 0 Å². The summed E-state index contributed by atoms with van der Waals surface area (Å²) >= 11 is 0. The van der Waals surface area contributed by atoms with Gasteiger partial charge in [0.1, 0.15) is 24.3 Å². The number of rotatable bonds is 7. The second-order valence-electron chi connectivity index (χ2n) is 7.45. The van der Waals surface area contributed by atoms with Gasteiger partial charge in [0, 0.05) is 38.4 Å². The van der Waals surface area contributed by atoms with Crippen LogP contribution in [-0.4, -0.2) is 55.4 Å². The lowest BCUT2D eigenvalue weighted by atomic mass is 10.0. The minimum Gasteiger partial charge on any atom is -0.491 e. The molecule has 0 spiro atoms. The summed E-state index contributed by atoms with van der Waals surface area (Å²) in [5.74, 6) is 1.08. The van der Waals surface area contributed by atoms with E-state index in [9.17, 15) is 9.50 Å². The van der Waals surface area contributed by atoms with Gasteiger partial charge in [-0.2, -0.15) is 0 Å². The molecule has 4 nitrogen and oxygen atoms in total. The highest BCUT2D eigenvalue weighted by atomic mass is 19.1. The average molecular weight is 372 g/mol. The molecule has 0 amide bonds. The molecule has 1 fully saturated rings. The van der Waals surface area contributed by atoms with Gasteiger partial charge in [-0.3, -0.25) is 4.90 Å². The van der Waals surface area contributed by atoms with E-state index >= 15 is 0 Å². The maximum absolute atomic E-state index is 13.0. The molecule has 0 bridgehead atoms. The summed E-state index contributed by atoms with van der Waals surface area (Å²) in [6.45, 7) is 8.70. The number of aliphatic hydroxyl groups excluding tert-OH is 1. The largest absolute Gasteiger partial charge is 0.491 e. The summed E-state index contributed by atoms with van der Waals surface area (Å²) in [5.41, 5.74) is 2.33. The number of benzene rings is 2. The highest BCUT2D eigenvalue weighted by Gasteiger charge is 2.19. The molecule has 0 unspecified atom stereocenters. The molecule has 27 heavy (non-hydrogen) atoms. The van der Waals surface area contributed by atoms with Crippen LogP contribution in [0.25, 0.3) is 0 Å². The number of β-amino-alcohol motifs (C(OH)–C–C–N with tert-alkyl or cyclic N) is 1. The van der Waals surface area contributed by atoms with E-state index in [1.54, 1.807) is 0 Å². The number of piperazine rings is 1. The maximum Gasteiger partial charge on any atom is 0.123 e. The number of hydrogen-bond donors (Lipinski definition) is 1. The van der Waals surface area contributed by atoms with E-state index in [0.717, 1.165) is 37.6 Å². The van der Waals surface area contributed by atoms with Crippen molar-refractivity contribution in [3.8, 4) is 5.75 Å². The summed E-state index contributed by atoms with van der Waals surface area (Å²) in [7, 11) is 0. The molecule has 2 aromatic rings. The van der Waals surface area contributed by atoms with Crippen molar-refractivity contribution < 1.29 is 14.2 Å². The van der Waals surface area contributed by atoms with Crippen molar-refractivity contribution in [2.45, 2.75) is 25.9 Å². The smallest absolute Gasteiger partial charge is 0.123 e. The van der Waals surface area contributed by atoms with Crippen molar-refractivity contribution in [3.63, 3.8) is 0 Å².